The lowest BCUT2D eigenvalue weighted by Gasteiger charge is -2.36. The first-order valence-electron chi connectivity index (χ1n) is 8.06. The first-order valence-corrected chi connectivity index (χ1v) is 8.06. The fourth-order valence-electron chi connectivity index (χ4n) is 3.89. The first-order chi connectivity index (χ1) is 9.78. The van der Waals surface area contributed by atoms with Crippen LogP contribution in [0.15, 0.2) is 18.2 Å². The highest BCUT2D eigenvalue weighted by atomic mass is 19.1. The van der Waals surface area contributed by atoms with Crippen LogP contribution in [0.2, 0.25) is 0 Å². The van der Waals surface area contributed by atoms with E-state index in [-0.39, 0.29) is 5.82 Å². The monoisotopic (exact) mass is 280 g/mol. The maximum absolute atomic E-state index is 13.4. The van der Waals surface area contributed by atoms with Crippen LogP contribution in [-0.4, -0.2) is 39.3 Å². The van der Waals surface area contributed by atoms with Gasteiger partial charge in [0.2, 0.25) is 0 Å². The van der Waals surface area contributed by atoms with Crippen LogP contribution in [0.3, 0.4) is 0 Å². The van der Waals surface area contributed by atoms with E-state index in [2.05, 4.69) is 12.2 Å². The van der Waals surface area contributed by atoms with Gasteiger partial charge >= 0.3 is 0 Å². The van der Waals surface area contributed by atoms with Crippen molar-refractivity contribution in [3.05, 3.63) is 35.1 Å². The van der Waals surface area contributed by atoms with E-state index in [1.165, 1.54) is 50.3 Å². The maximum atomic E-state index is 13.4. The molecule has 2 aliphatic rings. The highest BCUT2D eigenvalue weighted by Gasteiger charge is 2.35. The molecular weight excluding hydrogens is 253 g/mol. The summed E-state index contributed by atoms with van der Waals surface area (Å²) in [5.41, 5.74) is 2.60. The molecule has 0 aromatic heterocycles. The number of hydrogen-bond donors (Lipinski definition) is 3. The first kappa shape index (κ1) is 14.0. The van der Waals surface area contributed by atoms with Gasteiger partial charge in [0.1, 0.15) is 45.1 Å². The van der Waals surface area contributed by atoms with Gasteiger partial charge in [0.25, 0.3) is 0 Å². The van der Waals surface area contributed by atoms with Crippen LogP contribution in [0.5, 0.6) is 0 Å². The number of halogens is 1. The fourth-order valence-corrected chi connectivity index (χ4v) is 3.89. The molecule has 1 saturated heterocycles. The number of nitrogens with two attached hydrogens (primary N) is 1. The molecule has 1 atom stereocenters. The van der Waals surface area contributed by atoms with Crippen molar-refractivity contribution in [3.63, 3.8) is 0 Å². The molecule has 0 unspecified atom stereocenters. The molecule has 0 bridgehead atoms. The topological polar surface area (TPSA) is 25.5 Å². The summed E-state index contributed by atoms with van der Waals surface area (Å²) in [6.07, 6.45) is 1.28. The van der Waals surface area contributed by atoms with Crippen molar-refractivity contribution < 1.29 is 19.5 Å². The number of fused-ring (bicyclic) bond motifs is 1. The minimum absolute atomic E-state index is 0.0926. The average molecular weight is 280 g/mol. The smallest absolute Gasteiger partial charge is 0.163 e. The van der Waals surface area contributed by atoms with Crippen LogP contribution < -0.4 is 15.1 Å². The summed E-state index contributed by atoms with van der Waals surface area (Å²) >= 11 is 0. The summed E-state index contributed by atoms with van der Waals surface area (Å²) in [6.45, 7) is 10.8. The number of hydrogen-bond acceptors (Lipinski definition) is 0. The summed E-state index contributed by atoms with van der Waals surface area (Å²) in [4.78, 5) is 3.46. The van der Waals surface area contributed by atoms with E-state index >= 15 is 0 Å². The third-order valence-corrected chi connectivity index (χ3v) is 4.94. The van der Waals surface area contributed by atoms with Gasteiger partial charge in [-0.3, -0.25) is 0 Å². The van der Waals surface area contributed by atoms with Gasteiger partial charge in [-0.1, -0.05) is 6.92 Å². The van der Waals surface area contributed by atoms with E-state index < -0.39 is 0 Å². The fraction of sp³-hybridized carbons (Fsp3) is 0.625. The van der Waals surface area contributed by atoms with Gasteiger partial charge in [-0.2, -0.15) is 0 Å². The van der Waals surface area contributed by atoms with Gasteiger partial charge < -0.3 is 15.1 Å². The van der Waals surface area contributed by atoms with Crippen LogP contribution in [0, 0.1) is 5.82 Å². The Morgan fingerprint density at radius 1 is 1.25 bits per heavy atom. The zero-order chi connectivity index (χ0) is 13.9. The zero-order valence-corrected chi connectivity index (χ0v) is 12.4. The number of benzene rings is 1. The third-order valence-electron chi connectivity index (χ3n) is 4.94. The van der Waals surface area contributed by atoms with Crippen molar-refractivity contribution in [2.75, 3.05) is 39.3 Å². The molecule has 20 heavy (non-hydrogen) atoms. The molecule has 0 radical (unpaired) electrons. The van der Waals surface area contributed by atoms with Crippen LogP contribution in [0.25, 0.3) is 0 Å². The summed E-state index contributed by atoms with van der Waals surface area (Å²) in [5.74, 6) is -0.0926. The van der Waals surface area contributed by atoms with Gasteiger partial charge in [-0.05, 0) is 24.6 Å². The van der Waals surface area contributed by atoms with Crippen molar-refractivity contribution in [2.24, 2.45) is 0 Å². The van der Waals surface area contributed by atoms with Crippen LogP contribution in [-0.2, 0) is 6.54 Å². The lowest BCUT2D eigenvalue weighted by molar-refractivity contribution is -1.03. The van der Waals surface area contributed by atoms with E-state index in [4.69, 9.17) is 0 Å². The molecule has 1 fully saturated rings. The van der Waals surface area contributed by atoms with E-state index in [1.807, 2.05) is 6.07 Å². The van der Waals surface area contributed by atoms with Crippen molar-refractivity contribution in [2.45, 2.75) is 25.9 Å². The molecule has 110 valence electrons. The molecule has 2 aliphatic heterocycles. The lowest BCUT2D eigenvalue weighted by Crippen LogP contribution is -3.29. The van der Waals surface area contributed by atoms with Gasteiger partial charge in [0, 0.05) is 11.1 Å². The summed E-state index contributed by atoms with van der Waals surface area (Å²) in [7, 11) is 0. The van der Waals surface area contributed by atoms with Crippen molar-refractivity contribution in [3.8, 4) is 0 Å². The molecule has 0 saturated carbocycles. The second-order valence-corrected chi connectivity index (χ2v) is 6.28. The van der Waals surface area contributed by atoms with Gasteiger partial charge in [0.15, 0.2) is 6.04 Å². The molecule has 4 heteroatoms. The van der Waals surface area contributed by atoms with Crippen molar-refractivity contribution in [1.82, 2.24) is 0 Å². The van der Waals surface area contributed by atoms with Crippen LogP contribution in [0.1, 0.15) is 30.5 Å². The SMILES string of the molecule is CCC[NH+]1CC[NH+]([C@@H]2C[NH2+]Cc3cc(F)ccc32)CC1. The third kappa shape index (κ3) is 2.87. The zero-order valence-electron chi connectivity index (χ0n) is 12.4. The molecular formula is C16H27FN3+3. The Bertz CT molecular complexity index is 455. The molecule has 3 rings (SSSR count). The maximum Gasteiger partial charge on any atom is 0.163 e. The molecule has 2 heterocycles. The molecule has 4 N–H and O–H groups in total. The van der Waals surface area contributed by atoms with E-state index in [0.717, 1.165) is 13.1 Å². The van der Waals surface area contributed by atoms with E-state index in [1.54, 1.807) is 21.9 Å². The Morgan fingerprint density at radius 2 is 2.05 bits per heavy atom. The predicted octanol–water partition coefficient (Wildman–Crippen LogP) is -1.86. The second-order valence-electron chi connectivity index (χ2n) is 6.28. The largest absolute Gasteiger partial charge is 0.337 e. The van der Waals surface area contributed by atoms with Crippen LogP contribution in [0.4, 0.5) is 4.39 Å². The molecule has 0 aliphatic carbocycles. The Morgan fingerprint density at radius 3 is 2.80 bits per heavy atom. The number of quaternary nitrogens is 3. The second kappa shape index (κ2) is 6.20. The van der Waals surface area contributed by atoms with Crippen molar-refractivity contribution in [1.29, 1.82) is 0 Å². The van der Waals surface area contributed by atoms with Gasteiger partial charge in [0.05, 0.1) is 6.54 Å². The Hall–Kier alpha value is -0.970. The quantitative estimate of drug-likeness (QED) is 0.579. The Balaban J connectivity index is 1.70. The number of piperazine rings is 1. The Labute approximate surface area is 120 Å². The highest BCUT2D eigenvalue weighted by molar-refractivity contribution is 5.30. The van der Waals surface area contributed by atoms with Crippen molar-refractivity contribution >= 4 is 0 Å². The molecule has 1 aromatic carbocycles. The molecule has 1 aromatic rings. The number of rotatable bonds is 3. The van der Waals surface area contributed by atoms with Crippen LogP contribution >= 0.6 is 0 Å². The van der Waals surface area contributed by atoms with E-state index in [0.29, 0.717) is 6.04 Å². The van der Waals surface area contributed by atoms with E-state index in [9.17, 15) is 4.39 Å². The highest BCUT2D eigenvalue weighted by Crippen LogP contribution is 2.18. The molecule has 3 nitrogen and oxygen atoms in total. The predicted molar refractivity (Wildman–Crippen MR) is 76.2 cm³/mol. The molecule has 0 amide bonds. The minimum Gasteiger partial charge on any atom is -0.337 e. The normalized spacial score (nSPS) is 30.0. The standard InChI is InChI=1S/C16H24FN3/c1-2-5-19-6-8-20(9-7-19)16-12-18-11-13-10-14(17)3-4-15(13)16/h3-4,10,16,18H,2,5-9,11-12H2,1H3/p+3/t16-/m1/s1. The molecule has 0 spiro atoms. The lowest BCUT2D eigenvalue weighted by atomic mass is 9.95. The summed E-state index contributed by atoms with van der Waals surface area (Å²) in [6, 6.07) is 5.95. The number of nitrogens with one attached hydrogen (secondary N) is 2. The summed E-state index contributed by atoms with van der Waals surface area (Å²) in [5, 5.41) is 2.34. The summed E-state index contributed by atoms with van der Waals surface area (Å²) < 4.78 is 13.4. The van der Waals surface area contributed by atoms with Gasteiger partial charge in [-0.15, -0.1) is 0 Å². The Kier molecular flexibility index (Phi) is 4.34. The average Bonchev–Trinajstić information content (AvgIpc) is 2.47. The van der Waals surface area contributed by atoms with Gasteiger partial charge in [-0.25, -0.2) is 4.39 Å². The minimum atomic E-state index is -0.0926.